The van der Waals surface area contributed by atoms with Crippen molar-refractivity contribution >= 4 is 10.0 Å². The molecular formula is C14H21FN2O2S. The zero-order valence-electron chi connectivity index (χ0n) is 11.8. The predicted octanol–water partition coefficient (Wildman–Crippen LogP) is 1.88. The van der Waals surface area contributed by atoms with Gasteiger partial charge in [0.25, 0.3) is 0 Å². The molecule has 2 N–H and O–H groups in total. The van der Waals surface area contributed by atoms with Gasteiger partial charge in [0.15, 0.2) is 0 Å². The van der Waals surface area contributed by atoms with Crippen LogP contribution in [-0.2, 0) is 10.0 Å². The first-order valence-corrected chi connectivity index (χ1v) is 8.30. The van der Waals surface area contributed by atoms with Gasteiger partial charge in [0.2, 0.25) is 10.0 Å². The van der Waals surface area contributed by atoms with E-state index in [0.717, 1.165) is 18.4 Å². The number of nitrogens with zero attached hydrogens (tertiary/aromatic N) is 1. The molecule has 1 aromatic rings. The van der Waals surface area contributed by atoms with Crippen molar-refractivity contribution in [2.45, 2.75) is 37.6 Å². The van der Waals surface area contributed by atoms with E-state index in [0.29, 0.717) is 6.54 Å². The Hall–Kier alpha value is -0.980. The van der Waals surface area contributed by atoms with Crippen molar-refractivity contribution < 1.29 is 12.8 Å². The molecule has 1 aromatic carbocycles. The molecule has 1 fully saturated rings. The van der Waals surface area contributed by atoms with E-state index in [1.807, 2.05) is 6.92 Å². The predicted molar refractivity (Wildman–Crippen MR) is 76.3 cm³/mol. The molecule has 0 aliphatic carbocycles. The Kier molecular flexibility index (Phi) is 4.46. The number of aryl methyl sites for hydroxylation is 1. The Bertz CT molecular complexity index is 589. The number of nitrogens with two attached hydrogens (primary N) is 1. The lowest BCUT2D eigenvalue weighted by Crippen LogP contribution is -2.51. The van der Waals surface area contributed by atoms with Gasteiger partial charge in [-0.25, -0.2) is 12.8 Å². The van der Waals surface area contributed by atoms with Crippen molar-refractivity contribution in [3.05, 3.63) is 29.6 Å². The van der Waals surface area contributed by atoms with Crippen LogP contribution in [0.1, 0.15) is 25.3 Å². The van der Waals surface area contributed by atoms with E-state index < -0.39 is 15.8 Å². The molecule has 1 heterocycles. The largest absolute Gasteiger partial charge is 0.329 e. The van der Waals surface area contributed by atoms with Crippen LogP contribution in [0.4, 0.5) is 4.39 Å². The summed E-state index contributed by atoms with van der Waals surface area (Å²) in [4.78, 5) is -0.245. The number of hydrogen-bond donors (Lipinski definition) is 1. The highest BCUT2D eigenvalue weighted by Crippen LogP contribution is 2.29. The fourth-order valence-corrected chi connectivity index (χ4v) is 4.72. The number of piperidine rings is 1. The zero-order chi connectivity index (χ0) is 14.9. The summed E-state index contributed by atoms with van der Waals surface area (Å²) in [6.07, 6.45) is 1.73. The highest BCUT2D eigenvalue weighted by molar-refractivity contribution is 7.89. The van der Waals surface area contributed by atoms with Crippen molar-refractivity contribution in [1.82, 2.24) is 4.31 Å². The van der Waals surface area contributed by atoms with Gasteiger partial charge in [-0.3, -0.25) is 0 Å². The van der Waals surface area contributed by atoms with Crippen LogP contribution in [-0.4, -0.2) is 31.9 Å². The Labute approximate surface area is 119 Å². The maximum atomic E-state index is 13.9. The fraction of sp³-hybridized carbons (Fsp3) is 0.571. The topological polar surface area (TPSA) is 63.4 Å². The summed E-state index contributed by atoms with van der Waals surface area (Å²) >= 11 is 0. The van der Waals surface area contributed by atoms with Gasteiger partial charge in [-0.15, -0.1) is 0 Å². The molecule has 0 amide bonds. The van der Waals surface area contributed by atoms with Gasteiger partial charge in [-0.1, -0.05) is 13.0 Å². The number of hydrogen-bond acceptors (Lipinski definition) is 3. The van der Waals surface area contributed by atoms with Gasteiger partial charge >= 0.3 is 0 Å². The quantitative estimate of drug-likeness (QED) is 0.927. The average molecular weight is 300 g/mol. The summed E-state index contributed by atoms with van der Waals surface area (Å²) in [7, 11) is -3.83. The Morgan fingerprint density at radius 1 is 1.45 bits per heavy atom. The fourth-order valence-electron chi connectivity index (χ4n) is 2.79. The second-order valence-electron chi connectivity index (χ2n) is 5.47. The molecule has 0 radical (unpaired) electrons. The lowest BCUT2D eigenvalue weighted by Gasteiger charge is -2.38. The molecule has 0 aromatic heterocycles. The second kappa shape index (κ2) is 5.79. The van der Waals surface area contributed by atoms with Crippen LogP contribution in [0.15, 0.2) is 23.1 Å². The van der Waals surface area contributed by atoms with Gasteiger partial charge in [0.05, 0.1) is 0 Å². The van der Waals surface area contributed by atoms with Crippen LogP contribution in [0.25, 0.3) is 0 Å². The maximum Gasteiger partial charge on any atom is 0.246 e. The molecule has 0 saturated carbocycles. The molecule has 4 nitrogen and oxygen atoms in total. The first-order chi connectivity index (χ1) is 9.37. The third-order valence-corrected chi connectivity index (χ3v) is 5.92. The normalized spacial score (nSPS) is 24.8. The molecular weight excluding hydrogens is 279 g/mol. The van der Waals surface area contributed by atoms with E-state index in [1.54, 1.807) is 13.0 Å². The molecule has 20 heavy (non-hydrogen) atoms. The van der Waals surface area contributed by atoms with Gasteiger partial charge < -0.3 is 5.73 Å². The van der Waals surface area contributed by atoms with Crippen molar-refractivity contribution in [1.29, 1.82) is 0 Å². The molecule has 1 aliphatic rings. The van der Waals surface area contributed by atoms with Gasteiger partial charge in [-0.05, 0) is 43.4 Å². The van der Waals surface area contributed by atoms with Crippen molar-refractivity contribution in [2.24, 2.45) is 11.7 Å². The van der Waals surface area contributed by atoms with E-state index in [9.17, 15) is 12.8 Å². The Balaban J connectivity index is 2.45. The van der Waals surface area contributed by atoms with Crippen molar-refractivity contribution in [3.8, 4) is 0 Å². The summed E-state index contributed by atoms with van der Waals surface area (Å²) in [6, 6.07) is 3.90. The van der Waals surface area contributed by atoms with E-state index in [4.69, 9.17) is 5.73 Å². The minimum atomic E-state index is -3.83. The molecule has 1 saturated heterocycles. The lowest BCUT2D eigenvalue weighted by atomic mass is 9.93. The number of halogens is 1. The third-order valence-electron chi connectivity index (χ3n) is 3.98. The highest BCUT2D eigenvalue weighted by atomic mass is 32.2. The zero-order valence-corrected chi connectivity index (χ0v) is 12.7. The first-order valence-electron chi connectivity index (χ1n) is 6.86. The minimum absolute atomic E-state index is 0.191. The van der Waals surface area contributed by atoms with Gasteiger partial charge in [-0.2, -0.15) is 4.31 Å². The first kappa shape index (κ1) is 15.4. The Morgan fingerprint density at radius 2 is 2.15 bits per heavy atom. The molecule has 2 rings (SSSR count). The van der Waals surface area contributed by atoms with E-state index in [-0.39, 0.29) is 23.4 Å². The van der Waals surface area contributed by atoms with E-state index in [1.165, 1.54) is 16.4 Å². The molecule has 6 heteroatoms. The number of sulfonamides is 1. The minimum Gasteiger partial charge on any atom is -0.329 e. The van der Waals surface area contributed by atoms with E-state index >= 15 is 0 Å². The molecule has 112 valence electrons. The average Bonchev–Trinajstić information content (AvgIpc) is 2.41. The SMILES string of the molecule is Cc1ccc(F)c(S(=O)(=O)N2CCCC(C)C2CN)c1. The monoisotopic (exact) mass is 300 g/mol. The maximum absolute atomic E-state index is 13.9. The van der Waals surface area contributed by atoms with Crippen LogP contribution >= 0.6 is 0 Å². The van der Waals surface area contributed by atoms with Crippen LogP contribution in [0.5, 0.6) is 0 Å². The van der Waals surface area contributed by atoms with E-state index in [2.05, 4.69) is 0 Å². The highest BCUT2D eigenvalue weighted by Gasteiger charge is 2.37. The van der Waals surface area contributed by atoms with Crippen LogP contribution in [0.2, 0.25) is 0 Å². The smallest absolute Gasteiger partial charge is 0.246 e. The van der Waals surface area contributed by atoms with Gasteiger partial charge in [0, 0.05) is 19.1 Å². The summed E-state index contributed by atoms with van der Waals surface area (Å²) in [5.74, 6) is -0.513. The number of benzene rings is 1. The second-order valence-corrected chi connectivity index (χ2v) is 7.33. The Morgan fingerprint density at radius 3 is 2.80 bits per heavy atom. The molecule has 1 aliphatic heterocycles. The lowest BCUT2D eigenvalue weighted by molar-refractivity contribution is 0.192. The third kappa shape index (κ3) is 2.73. The summed E-state index contributed by atoms with van der Waals surface area (Å²) < 4.78 is 40.7. The van der Waals surface area contributed by atoms with Crippen molar-refractivity contribution in [3.63, 3.8) is 0 Å². The summed E-state index contributed by atoms with van der Waals surface area (Å²) in [5, 5.41) is 0. The van der Waals surface area contributed by atoms with Crippen LogP contribution < -0.4 is 5.73 Å². The van der Waals surface area contributed by atoms with Crippen LogP contribution in [0.3, 0.4) is 0 Å². The van der Waals surface area contributed by atoms with Crippen LogP contribution in [0, 0.1) is 18.7 Å². The molecule has 0 bridgehead atoms. The standard InChI is InChI=1S/C14H21FN2O2S/c1-10-5-6-12(15)14(8-10)20(18,19)17-7-3-4-11(2)13(17)9-16/h5-6,8,11,13H,3-4,7,9,16H2,1-2H3. The molecule has 2 unspecified atom stereocenters. The number of rotatable bonds is 3. The van der Waals surface area contributed by atoms with Gasteiger partial charge in [0.1, 0.15) is 10.7 Å². The molecule has 2 atom stereocenters. The van der Waals surface area contributed by atoms with Crippen molar-refractivity contribution in [2.75, 3.05) is 13.1 Å². The summed E-state index contributed by atoms with van der Waals surface area (Å²) in [5.41, 5.74) is 6.45. The molecule has 0 spiro atoms. The summed E-state index contributed by atoms with van der Waals surface area (Å²) in [6.45, 7) is 4.40.